The van der Waals surface area contributed by atoms with E-state index in [0.717, 1.165) is 0 Å². The van der Waals surface area contributed by atoms with E-state index in [1.807, 2.05) is 0 Å². The van der Waals surface area contributed by atoms with Crippen molar-refractivity contribution in [3.63, 3.8) is 0 Å². The number of hydrogen-bond acceptors (Lipinski definition) is 5. The summed E-state index contributed by atoms with van der Waals surface area (Å²) in [5.41, 5.74) is 0. The van der Waals surface area contributed by atoms with Crippen molar-refractivity contribution >= 4 is 37.1 Å². The standard InChI is InChI=1S/C7H13NO3S2/c1-5(9)8-6(4-13)7(10)11-2-3-12/h6,12-13H,2-4H2,1H3,(H,8,9)/t6-/m0/s1. The van der Waals surface area contributed by atoms with Crippen LogP contribution in [0.2, 0.25) is 0 Å². The molecule has 0 rings (SSSR count). The van der Waals surface area contributed by atoms with Gasteiger partial charge in [0.1, 0.15) is 12.6 Å². The van der Waals surface area contributed by atoms with E-state index in [1.165, 1.54) is 6.92 Å². The zero-order chi connectivity index (χ0) is 10.3. The summed E-state index contributed by atoms with van der Waals surface area (Å²) in [6, 6.07) is -0.666. The number of nitrogens with one attached hydrogen (secondary N) is 1. The van der Waals surface area contributed by atoms with Crippen molar-refractivity contribution in [3.8, 4) is 0 Å². The second-order valence-electron chi connectivity index (χ2n) is 2.33. The summed E-state index contributed by atoms with van der Waals surface area (Å²) in [5.74, 6) is -0.0584. The first-order chi connectivity index (χ1) is 6.11. The lowest BCUT2D eigenvalue weighted by atomic mass is 10.3. The Morgan fingerprint density at radius 3 is 2.46 bits per heavy atom. The molecule has 4 nitrogen and oxygen atoms in total. The van der Waals surface area contributed by atoms with Gasteiger partial charge in [0, 0.05) is 18.4 Å². The van der Waals surface area contributed by atoms with Crippen LogP contribution in [0.15, 0.2) is 0 Å². The van der Waals surface area contributed by atoms with Gasteiger partial charge in [-0.1, -0.05) is 0 Å². The Labute approximate surface area is 88.2 Å². The van der Waals surface area contributed by atoms with Crippen molar-refractivity contribution in [2.24, 2.45) is 0 Å². The number of rotatable bonds is 5. The number of carbonyl (C=O) groups is 2. The van der Waals surface area contributed by atoms with Gasteiger partial charge in [0.25, 0.3) is 0 Å². The first-order valence-corrected chi connectivity index (χ1v) is 5.03. The average Bonchev–Trinajstić information content (AvgIpc) is 2.09. The summed E-state index contributed by atoms with van der Waals surface area (Å²) < 4.78 is 4.77. The molecule has 13 heavy (non-hydrogen) atoms. The Kier molecular flexibility index (Phi) is 6.89. The molecular formula is C7H13NO3S2. The van der Waals surface area contributed by atoms with E-state index in [4.69, 9.17) is 4.74 Å². The zero-order valence-electron chi connectivity index (χ0n) is 7.32. The third kappa shape index (κ3) is 5.81. The largest absolute Gasteiger partial charge is 0.463 e. The molecule has 0 unspecified atom stereocenters. The van der Waals surface area contributed by atoms with Crippen LogP contribution in [0.25, 0.3) is 0 Å². The number of amides is 1. The van der Waals surface area contributed by atoms with Crippen molar-refractivity contribution in [3.05, 3.63) is 0 Å². The smallest absolute Gasteiger partial charge is 0.329 e. The van der Waals surface area contributed by atoms with Crippen LogP contribution in [0, 0.1) is 0 Å². The van der Waals surface area contributed by atoms with Gasteiger partial charge in [-0.3, -0.25) is 4.79 Å². The summed E-state index contributed by atoms with van der Waals surface area (Å²) in [6.07, 6.45) is 0. The predicted octanol–water partition coefficient (Wildman–Crippen LogP) is -0.106. The molecule has 0 fully saturated rings. The molecule has 0 aromatic carbocycles. The SMILES string of the molecule is CC(=O)N[C@@H](CS)C(=O)OCCS. The Morgan fingerprint density at radius 2 is 2.08 bits per heavy atom. The maximum Gasteiger partial charge on any atom is 0.329 e. The van der Waals surface area contributed by atoms with Gasteiger partial charge in [-0.2, -0.15) is 25.3 Å². The van der Waals surface area contributed by atoms with E-state index in [1.54, 1.807) is 0 Å². The van der Waals surface area contributed by atoms with Crippen molar-refractivity contribution in [1.29, 1.82) is 0 Å². The van der Waals surface area contributed by atoms with Crippen LogP contribution >= 0.6 is 25.3 Å². The van der Waals surface area contributed by atoms with Crippen LogP contribution in [0.4, 0.5) is 0 Å². The molecule has 1 atom stereocenters. The van der Waals surface area contributed by atoms with Crippen LogP contribution in [0.1, 0.15) is 6.92 Å². The molecule has 0 saturated heterocycles. The Balaban J connectivity index is 3.92. The van der Waals surface area contributed by atoms with E-state index >= 15 is 0 Å². The van der Waals surface area contributed by atoms with Gasteiger partial charge in [-0.15, -0.1) is 0 Å². The molecule has 76 valence electrons. The minimum Gasteiger partial charge on any atom is -0.463 e. The lowest BCUT2D eigenvalue weighted by Crippen LogP contribution is -2.42. The van der Waals surface area contributed by atoms with Crippen LogP contribution in [-0.4, -0.2) is 36.0 Å². The van der Waals surface area contributed by atoms with E-state index in [0.29, 0.717) is 5.75 Å². The molecule has 0 saturated carbocycles. The minimum absolute atomic E-state index is 0.227. The molecular weight excluding hydrogens is 210 g/mol. The van der Waals surface area contributed by atoms with Gasteiger partial charge < -0.3 is 10.1 Å². The van der Waals surface area contributed by atoms with Crippen molar-refractivity contribution in [1.82, 2.24) is 5.32 Å². The van der Waals surface area contributed by atoms with Crippen LogP contribution in [-0.2, 0) is 14.3 Å². The number of ether oxygens (including phenoxy) is 1. The molecule has 0 aromatic heterocycles. The number of hydrogen-bond donors (Lipinski definition) is 3. The summed E-state index contributed by atoms with van der Waals surface area (Å²) in [6.45, 7) is 1.58. The fourth-order valence-corrected chi connectivity index (χ4v) is 1.00. The predicted molar refractivity (Wildman–Crippen MR) is 56.3 cm³/mol. The van der Waals surface area contributed by atoms with E-state index in [-0.39, 0.29) is 18.3 Å². The molecule has 0 bridgehead atoms. The minimum atomic E-state index is -0.666. The second-order valence-corrected chi connectivity index (χ2v) is 3.14. The number of thiol groups is 2. The molecule has 0 spiro atoms. The lowest BCUT2D eigenvalue weighted by molar-refractivity contribution is -0.146. The Bertz CT molecular complexity index is 187. The van der Waals surface area contributed by atoms with Crippen molar-refractivity contribution in [2.45, 2.75) is 13.0 Å². The highest BCUT2D eigenvalue weighted by atomic mass is 32.1. The maximum atomic E-state index is 11.1. The molecule has 0 aliphatic heterocycles. The molecule has 0 aromatic rings. The molecule has 1 N–H and O–H groups in total. The van der Waals surface area contributed by atoms with E-state index in [9.17, 15) is 9.59 Å². The van der Waals surface area contributed by atoms with Gasteiger partial charge in [0.15, 0.2) is 0 Å². The number of esters is 1. The molecule has 1 amide bonds. The second kappa shape index (κ2) is 7.08. The Morgan fingerprint density at radius 1 is 1.46 bits per heavy atom. The lowest BCUT2D eigenvalue weighted by Gasteiger charge is -2.13. The van der Waals surface area contributed by atoms with Crippen LogP contribution in [0.5, 0.6) is 0 Å². The summed E-state index contributed by atoms with van der Waals surface area (Å²) in [5, 5.41) is 2.42. The Hall–Kier alpha value is -0.360. The fourth-order valence-electron chi connectivity index (χ4n) is 0.671. The molecule has 0 heterocycles. The fraction of sp³-hybridized carbons (Fsp3) is 0.714. The van der Waals surface area contributed by atoms with Crippen LogP contribution < -0.4 is 5.32 Å². The number of carbonyl (C=O) groups excluding carboxylic acids is 2. The first-order valence-electron chi connectivity index (χ1n) is 3.77. The van der Waals surface area contributed by atoms with E-state index in [2.05, 4.69) is 30.6 Å². The normalized spacial score (nSPS) is 11.9. The molecule has 0 radical (unpaired) electrons. The average molecular weight is 223 g/mol. The van der Waals surface area contributed by atoms with Gasteiger partial charge in [-0.25, -0.2) is 4.79 Å². The van der Waals surface area contributed by atoms with Crippen molar-refractivity contribution < 1.29 is 14.3 Å². The maximum absolute atomic E-state index is 11.1. The summed E-state index contributed by atoms with van der Waals surface area (Å²) >= 11 is 7.80. The highest BCUT2D eigenvalue weighted by Gasteiger charge is 2.18. The third-order valence-corrected chi connectivity index (χ3v) is 1.73. The third-order valence-electron chi connectivity index (χ3n) is 1.18. The van der Waals surface area contributed by atoms with E-state index < -0.39 is 12.0 Å². The molecule has 6 heteroatoms. The summed E-state index contributed by atoms with van der Waals surface area (Å²) in [7, 11) is 0. The highest BCUT2D eigenvalue weighted by Crippen LogP contribution is 1.93. The topological polar surface area (TPSA) is 55.4 Å². The van der Waals surface area contributed by atoms with Crippen LogP contribution in [0.3, 0.4) is 0 Å². The van der Waals surface area contributed by atoms with Gasteiger partial charge in [-0.05, 0) is 0 Å². The summed E-state index contributed by atoms with van der Waals surface area (Å²) in [4.78, 5) is 21.8. The van der Waals surface area contributed by atoms with Crippen molar-refractivity contribution in [2.75, 3.05) is 18.1 Å². The molecule has 0 aliphatic carbocycles. The first kappa shape index (κ1) is 12.6. The quantitative estimate of drug-likeness (QED) is 0.450. The van der Waals surface area contributed by atoms with Gasteiger partial charge in [0.2, 0.25) is 5.91 Å². The molecule has 0 aliphatic rings. The highest BCUT2D eigenvalue weighted by molar-refractivity contribution is 7.80. The zero-order valence-corrected chi connectivity index (χ0v) is 9.11. The monoisotopic (exact) mass is 223 g/mol. The van der Waals surface area contributed by atoms with Gasteiger partial charge >= 0.3 is 5.97 Å². The van der Waals surface area contributed by atoms with Gasteiger partial charge in [0.05, 0.1) is 0 Å².